The van der Waals surface area contributed by atoms with Gasteiger partial charge in [-0.05, 0) is 49.8 Å². The maximum atomic E-state index is 14.4. The van der Waals surface area contributed by atoms with Crippen molar-refractivity contribution in [2.45, 2.75) is 50.3 Å². The highest BCUT2D eigenvalue weighted by atomic mass is 19.1. The average molecular weight is 320 g/mol. The van der Waals surface area contributed by atoms with E-state index in [1.54, 1.807) is 11.5 Å². The molecule has 1 aromatic rings. The Labute approximate surface area is 134 Å². The van der Waals surface area contributed by atoms with Crippen LogP contribution in [0.1, 0.15) is 47.2 Å². The molecule has 0 bridgehead atoms. The van der Waals surface area contributed by atoms with Crippen molar-refractivity contribution in [1.29, 1.82) is 0 Å². The molecule has 2 aliphatic heterocycles. The first kappa shape index (κ1) is 15.1. The Morgan fingerprint density at radius 1 is 1.43 bits per heavy atom. The first-order chi connectivity index (χ1) is 11.1. The summed E-state index contributed by atoms with van der Waals surface area (Å²) in [7, 11) is 0. The van der Waals surface area contributed by atoms with E-state index in [-0.39, 0.29) is 17.0 Å². The summed E-state index contributed by atoms with van der Waals surface area (Å²) in [5, 5.41) is 8.71. The van der Waals surface area contributed by atoms with Crippen LogP contribution in [0, 0.1) is 5.82 Å². The summed E-state index contributed by atoms with van der Waals surface area (Å²) in [6, 6.07) is 3.28. The summed E-state index contributed by atoms with van der Waals surface area (Å²) < 4.78 is 20.4. The molecule has 0 radical (unpaired) electrons. The maximum Gasteiger partial charge on any atom is 0.274 e. The van der Waals surface area contributed by atoms with Crippen LogP contribution in [-0.4, -0.2) is 40.8 Å². The highest BCUT2D eigenvalue weighted by Gasteiger charge is 2.52. The number of nitrogens with one attached hydrogen (secondary N) is 1. The standard InChI is InChI=1S/C17H21FN2O3/c18-14-9-12(16(21)19-22)8-11-3-6-20(10-13(11)14)15-2-5-17(15)4-1-7-23-17/h8-9,15,22H,1-7,10H2,(H,19,21). The molecular formula is C17H21FN2O3. The third-order valence-electron chi connectivity index (χ3n) is 5.70. The van der Waals surface area contributed by atoms with Gasteiger partial charge in [0.25, 0.3) is 5.91 Å². The lowest BCUT2D eigenvalue weighted by atomic mass is 9.71. The molecule has 6 heteroatoms. The molecule has 1 saturated heterocycles. The molecule has 1 aromatic carbocycles. The zero-order valence-corrected chi connectivity index (χ0v) is 13.0. The summed E-state index contributed by atoms with van der Waals surface area (Å²) in [5.74, 6) is -1.04. The van der Waals surface area contributed by atoms with Gasteiger partial charge in [-0.15, -0.1) is 0 Å². The Morgan fingerprint density at radius 3 is 2.96 bits per heavy atom. The predicted molar refractivity (Wildman–Crippen MR) is 80.7 cm³/mol. The number of ether oxygens (including phenoxy) is 1. The Bertz CT molecular complexity index is 643. The van der Waals surface area contributed by atoms with Crippen molar-refractivity contribution in [2.75, 3.05) is 13.2 Å². The van der Waals surface area contributed by atoms with Crippen LogP contribution in [0.5, 0.6) is 0 Å². The molecule has 2 N–H and O–H groups in total. The van der Waals surface area contributed by atoms with Crippen molar-refractivity contribution in [3.63, 3.8) is 0 Å². The molecule has 4 rings (SSSR count). The van der Waals surface area contributed by atoms with Crippen molar-refractivity contribution in [1.82, 2.24) is 10.4 Å². The Morgan fingerprint density at radius 2 is 2.30 bits per heavy atom. The molecule has 2 unspecified atom stereocenters. The third kappa shape index (κ3) is 2.36. The van der Waals surface area contributed by atoms with Crippen LogP contribution in [0.2, 0.25) is 0 Å². The second-order valence-corrected chi connectivity index (χ2v) is 6.83. The van der Waals surface area contributed by atoms with E-state index in [0.717, 1.165) is 44.4 Å². The number of amides is 1. The Hall–Kier alpha value is -1.50. The van der Waals surface area contributed by atoms with E-state index in [2.05, 4.69) is 4.90 Å². The minimum atomic E-state index is -0.675. The largest absolute Gasteiger partial charge is 0.373 e. The minimum absolute atomic E-state index is 0.00466. The van der Waals surface area contributed by atoms with Gasteiger partial charge in [0.05, 0.1) is 5.60 Å². The quantitative estimate of drug-likeness (QED) is 0.646. The zero-order valence-electron chi connectivity index (χ0n) is 13.0. The first-order valence-corrected chi connectivity index (χ1v) is 8.27. The SMILES string of the molecule is O=C(NO)c1cc(F)c2c(c1)CCN(C1CCC13CCCO3)C2. The molecule has 1 saturated carbocycles. The van der Waals surface area contributed by atoms with E-state index in [1.807, 2.05) is 0 Å². The van der Waals surface area contributed by atoms with E-state index < -0.39 is 5.91 Å². The number of halogens is 1. The molecule has 124 valence electrons. The van der Waals surface area contributed by atoms with Crippen LogP contribution < -0.4 is 5.48 Å². The summed E-state index contributed by atoms with van der Waals surface area (Å²) in [5.41, 5.74) is 3.26. The van der Waals surface area contributed by atoms with Gasteiger partial charge in [0, 0.05) is 36.9 Å². The summed E-state index contributed by atoms with van der Waals surface area (Å²) in [6.07, 6.45) is 5.17. The molecule has 2 fully saturated rings. The molecule has 1 aliphatic carbocycles. The normalized spacial score (nSPS) is 30.1. The van der Waals surface area contributed by atoms with E-state index >= 15 is 0 Å². The molecule has 23 heavy (non-hydrogen) atoms. The third-order valence-corrected chi connectivity index (χ3v) is 5.70. The summed E-state index contributed by atoms with van der Waals surface area (Å²) >= 11 is 0. The molecular weight excluding hydrogens is 299 g/mol. The lowest BCUT2D eigenvalue weighted by Crippen LogP contribution is -2.60. The minimum Gasteiger partial charge on any atom is -0.373 e. The second-order valence-electron chi connectivity index (χ2n) is 6.83. The predicted octanol–water partition coefficient (Wildman–Crippen LogP) is 2.01. The monoisotopic (exact) mass is 320 g/mol. The lowest BCUT2D eigenvalue weighted by Gasteiger charge is -2.52. The highest BCUT2D eigenvalue weighted by Crippen LogP contribution is 2.47. The number of carbonyl (C=O) groups excluding carboxylic acids is 1. The van der Waals surface area contributed by atoms with E-state index in [4.69, 9.17) is 9.94 Å². The first-order valence-electron chi connectivity index (χ1n) is 8.27. The van der Waals surface area contributed by atoms with Crippen LogP contribution >= 0.6 is 0 Å². The molecule has 5 nitrogen and oxygen atoms in total. The number of hydrogen-bond acceptors (Lipinski definition) is 4. The van der Waals surface area contributed by atoms with Crippen molar-refractivity contribution in [3.8, 4) is 0 Å². The summed E-state index contributed by atoms with van der Waals surface area (Å²) in [4.78, 5) is 13.8. The van der Waals surface area contributed by atoms with Crippen LogP contribution in [-0.2, 0) is 17.7 Å². The van der Waals surface area contributed by atoms with E-state index in [9.17, 15) is 9.18 Å². The number of hydroxylamine groups is 1. The van der Waals surface area contributed by atoms with Gasteiger partial charge < -0.3 is 4.74 Å². The molecule has 3 aliphatic rings. The van der Waals surface area contributed by atoms with Crippen molar-refractivity contribution in [2.24, 2.45) is 0 Å². The van der Waals surface area contributed by atoms with Gasteiger partial charge in [-0.1, -0.05) is 0 Å². The Kier molecular flexibility index (Phi) is 3.63. The average Bonchev–Trinajstić information content (AvgIpc) is 3.05. The van der Waals surface area contributed by atoms with Gasteiger partial charge in [0.15, 0.2) is 0 Å². The number of nitrogens with zero attached hydrogens (tertiary/aromatic N) is 1. The van der Waals surface area contributed by atoms with Gasteiger partial charge >= 0.3 is 0 Å². The molecule has 2 heterocycles. The van der Waals surface area contributed by atoms with Crippen molar-refractivity contribution < 1.29 is 19.1 Å². The lowest BCUT2D eigenvalue weighted by molar-refractivity contribution is -0.132. The van der Waals surface area contributed by atoms with Gasteiger partial charge in [-0.2, -0.15) is 0 Å². The van der Waals surface area contributed by atoms with Gasteiger partial charge in [0.1, 0.15) is 5.82 Å². The van der Waals surface area contributed by atoms with Gasteiger partial charge in [-0.3, -0.25) is 14.9 Å². The Balaban J connectivity index is 1.57. The van der Waals surface area contributed by atoms with Crippen LogP contribution in [0.15, 0.2) is 12.1 Å². The number of rotatable bonds is 2. The second kappa shape index (κ2) is 5.54. The van der Waals surface area contributed by atoms with Crippen LogP contribution in [0.25, 0.3) is 0 Å². The van der Waals surface area contributed by atoms with Crippen LogP contribution in [0.3, 0.4) is 0 Å². The maximum absolute atomic E-state index is 14.4. The summed E-state index contributed by atoms with van der Waals surface area (Å²) in [6.45, 7) is 2.26. The topological polar surface area (TPSA) is 61.8 Å². The van der Waals surface area contributed by atoms with Crippen molar-refractivity contribution in [3.05, 3.63) is 34.6 Å². The van der Waals surface area contributed by atoms with Gasteiger partial charge in [0.2, 0.25) is 0 Å². The smallest absolute Gasteiger partial charge is 0.274 e. The molecule has 0 aromatic heterocycles. The van der Waals surface area contributed by atoms with E-state index in [0.29, 0.717) is 24.6 Å². The number of hydrogen-bond donors (Lipinski definition) is 2. The van der Waals surface area contributed by atoms with Gasteiger partial charge in [-0.25, -0.2) is 9.87 Å². The zero-order chi connectivity index (χ0) is 16.0. The van der Waals surface area contributed by atoms with Crippen LogP contribution in [0.4, 0.5) is 4.39 Å². The fraction of sp³-hybridized carbons (Fsp3) is 0.588. The highest BCUT2D eigenvalue weighted by molar-refractivity contribution is 5.93. The molecule has 1 amide bonds. The van der Waals surface area contributed by atoms with Crippen molar-refractivity contribution >= 4 is 5.91 Å². The van der Waals surface area contributed by atoms with E-state index in [1.165, 1.54) is 6.07 Å². The molecule has 1 spiro atoms. The number of carbonyl (C=O) groups is 1. The number of fused-ring (bicyclic) bond motifs is 1. The fourth-order valence-electron chi connectivity index (χ4n) is 4.39. The molecule has 2 atom stereocenters. The fourth-order valence-corrected chi connectivity index (χ4v) is 4.39. The number of benzene rings is 1.